The molecule has 1 amide bonds. The maximum absolute atomic E-state index is 12.9. The number of imidazole rings is 1. The van der Waals surface area contributed by atoms with Gasteiger partial charge in [-0.05, 0) is 12.8 Å². The van der Waals surface area contributed by atoms with Crippen molar-refractivity contribution in [1.29, 1.82) is 0 Å². The average molecular weight is 388 g/mol. The van der Waals surface area contributed by atoms with Crippen molar-refractivity contribution in [2.24, 2.45) is 13.0 Å². The summed E-state index contributed by atoms with van der Waals surface area (Å²) >= 11 is 0. The fourth-order valence-electron chi connectivity index (χ4n) is 3.70. The van der Waals surface area contributed by atoms with Crippen LogP contribution < -0.4 is 0 Å². The van der Waals surface area contributed by atoms with Crippen LogP contribution in [0.5, 0.6) is 0 Å². The maximum atomic E-state index is 12.9. The van der Waals surface area contributed by atoms with Crippen molar-refractivity contribution in [3.05, 3.63) is 12.5 Å². The van der Waals surface area contributed by atoms with E-state index in [1.807, 2.05) is 0 Å². The van der Waals surface area contributed by atoms with Gasteiger partial charge in [-0.2, -0.15) is 4.31 Å². The standard InChI is InChI=1S/C14H20N4O5S2/c1-16-6-13(15-9-16)25(22,23)18-5-4-17(14(19)10-2-3-10)11-7-24(20,21)8-12(11)18/h6,9-12H,2-5,7-8H2,1H3/t11-,12+/m1/s1. The molecule has 1 aromatic heterocycles. The first kappa shape index (κ1) is 17.0. The number of hydrogen-bond donors (Lipinski definition) is 0. The van der Waals surface area contributed by atoms with Gasteiger partial charge in [0.25, 0.3) is 10.0 Å². The number of fused-ring (bicyclic) bond motifs is 1. The summed E-state index contributed by atoms with van der Waals surface area (Å²) in [5.41, 5.74) is 0. The van der Waals surface area contributed by atoms with Crippen LogP contribution in [-0.2, 0) is 31.7 Å². The number of aromatic nitrogens is 2. The highest BCUT2D eigenvalue weighted by Crippen LogP contribution is 2.36. The van der Waals surface area contributed by atoms with Crippen LogP contribution in [0.1, 0.15) is 12.8 Å². The van der Waals surface area contributed by atoms with Crippen LogP contribution in [0.3, 0.4) is 0 Å². The van der Waals surface area contributed by atoms with Gasteiger partial charge in [0.2, 0.25) is 5.91 Å². The summed E-state index contributed by atoms with van der Waals surface area (Å²) in [5.74, 6) is -0.493. The molecule has 0 bridgehead atoms. The van der Waals surface area contributed by atoms with Crippen molar-refractivity contribution in [2.75, 3.05) is 24.6 Å². The Morgan fingerprint density at radius 3 is 2.48 bits per heavy atom. The topological polar surface area (TPSA) is 110 Å². The fraction of sp³-hybridized carbons (Fsp3) is 0.714. The number of carbonyl (C=O) groups excluding carboxylic acids is 1. The van der Waals surface area contributed by atoms with Crippen molar-refractivity contribution in [2.45, 2.75) is 30.0 Å². The van der Waals surface area contributed by atoms with E-state index in [1.54, 1.807) is 11.9 Å². The van der Waals surface area contributed by atoms with Gasteiger partial charge in [-0.3, -0.25) is 4.79 Å². The van der Waals surface area contributed by atoms with Crippen molar-refractivity contribution < 1.29 is 21.6 Å². The minimum Gasteiger partial charge on any atom is -0.339 e. The molecule has 0 radical (unpaired) electrons. The molecule has 9 nitrogen and oxygen atoms in total. The van der Waals surface area contributed by atoms with Gasteiger partial charge in [0.05, 0.1) is 29.9 Å². The third-order valence-electron chi connectivity index (χ3n) is 5.09. The van der Waals surface area contributed by atoms with E-state index in [0.717, 1.165) is 12.8 Å². The van der Waals surface area contributed by atoms with Crippen LogP contribution in [-0.4, -0.2) is 78.2 Å². The first-order valence-electron chi connectivity index (χ1n) is 8.20. The Bertz CT molecular complexity index is 919. The molecule has 0 N–H and O–H groups in total. The predicted octanol–water partition coefficient (Wildman–Crippen LogP) is -1.17. The van der Waals surface area contributed by atoms with Crippen molar-refractivity contribution >= 4 is 25.8 Å². The summed E-state index contributed by atoms with van der Waals surface area (Å²) in [5, 5.41) is -0.0972. The number of hydrogen-bond acceptors (Lipinski definition) is 6. The maximum Gasteiger partial charge on any atom is 0.262 e. The monoisotopic (exact) mass is 388 g/mol. The van der Waals surface area contributed by atoms with Gasteiger partial charge in [-0.25, -0.2) is 21.8 Å². The second-order valence-electron chi connectivity index (χ2n) is 7.01. The van der Waals surface area contributed by atoms with Crippen LogP contribution in [0.4, 0.5) is 0 Å². The summed E-state index contributed by atoms with van der Waals surface area (Å²) in [4.78, 5) is 18.0. The minimum absolute atomic E-state index is 0.0251. The second kappa shape index (κ2) is 5.52. The molecule has 4 rings (SSSR count). The SMILES string of the molecule is Cn1cnc(S(=O)(=O)N2CCN(C(=O)C3CC3)[C@@H]3CS(=O)(=O)C[C@@H]32)c1. The van der Waals surface area contributed by atoms with E-state index in [2.05, 4.69) is 4.98 Å². The number of rotatable bonds is 3. The molecule has 0 aromatic carbocycles. The third kappa shape index (κ3) is 2.87. The van der Waals surface area contributed by atoms with Crippen LogP contribution in [0.2, 0.25) is 0 Å². The molecule has 3 aliphatic rings. The number of nitrogens with zero attached hydrogens (tertiary/aromatic N) is 4. The number of piperazine rings is 1. The van der Waals surface area contributed by atoms with E-state index in [1.165, 1.54) is 21.4 Å². The lowest BCUT2D eigenvalue weighted by Gasteiger charge is -2.42. The number of sulfonamides is 1. The molecule has 11 heteroatoms. The van der Waals surface area contributed by atoms with Crippen molar-refractivity contribution in [3.8, 4) is 0 Å². The first-order valence-corrected chi connectivity index (χ1v) is 11.5. The Morgan fingerprint density at radius 1 is 1.20 bits per heavy atom. The molecule has 138 valence electrons. The van der Waals surface area contributed by atoms with Crippen LogP contribution in [0.15, 0.2) is 17.6 Å². The highest BCUT2D eigenvalue weighted by atomic mass is 32.2. The van der Waals surface area contributed by atoms with Crippen molar-refractivity contribution in [3.63, 3.8) is 0 Å². The molecule has 1 saturated carbocycles. The molecule has 1 aromatic rings. The van der Waals surface area contributed by atoms with E-state index in [-0.39, 0.29) is 41.4 Å². The van der Waals surface area contributed by atoms with E-state index in [4.69, 9.17) is 0 Å². The minimum atomic E-state index is -3.90. The van der Waals surface area contributed by atoms with Gasteiger partial charge >= 0.3 is 0 Å². The van der Waals surface area contributed by atoms with Gasteiger partial charge in [0.15, 0.2) is 14.9 Å². The normalized spacial score (nSPS) is 29.6. The molecule has 2 saturated heterocycles. The molecular formula is C14H20N4O5S2. The largest absolute Gasteiger partial charge is 0.339 e. The number of carbonyl (C=O) groups is 1. The van der Waals surface area contributed by atoms with Gasteiger partial charge in [0, 0.05) is 32.3 Å². The van der Waals surface area contributed by atoms with Crippen LogP contribution >= 0.6 is 0 Å². The van der Waals surface area contributed by atoms with E-state index < -0.39 is 31.9 Å². The third-order valence-corrected chi connectivity index (χ3v) is 8.60. The second-order valence-corrected chi connectivity index (χ2v) is 11.0. The lowest BCUT2D eigenvalue weighted by molar-refractivity contribution is -0.137. The Balaban J connectivity index is 1.68. The van der Waals surface area contributed by atoms with Gasteiger partial charge in [-0.15, -0.1) is 0 Å². The zero-order valence-electron chi connectivity index (χ0n) is 13.8. The quantitative estimate of drug-likeness (QED) is 0.645. The number of amides is 1. The summed E-state index contributed by atoms with van der Waals surface area (Å²) in [6.07, 6.45) is 4.45. The average Bonchev–Trinajstić information content (AvgIpc) is 3.19. The smallest absolute Gasteiger partial charge is 0.262 e. The Morgan fingerprint density at radius 2 is 1.88 bits per heavy atom. The lowest BCUT2D eigenvalue weighted by atomic mass is 10.1. The van der Waals surface area contributed by atoms with E-state index in [0.29, 0.717) is 0 Å². The van der Waals surface area contributed by atoms with E-state index in [9.17, 15) is 21.6 Å². The number of aryl methyl sites for hydroxylation is 1. The first-order chi connectivity index (χ1) is 11.7. The number of sulfone groups is 1. The summed E-state index contributed by atoms with van der Waals surface area (Å²) < 4.78 is 53.0. The molecule has 25 heavy (non-hydrogen) atoms. The molecular weight excluding hydrogens is 368 g/mol. The summed E-state index contributed by atoms with van der Waals surface area (Å²) in [6.45, 7) is 0.312. The molecule has 1 aliphatic carbocycles. The molecule has 0 spiro atoms. The lowest BCUT2D eigenvalue weighted by Crippen LogP contribution is -2.62. The fourth-order valence-corrected chi connectivity index (χ4v) is 7.39. The Hall–Kier alpha value is -1.46. The van der Waals surface area contributed by atoms with Gasteiger partial charge in [0.1, 0.15) is 0 Å². The summed E-state index contributed by atoms with van der Waals surface area (Å²) in [6, 6.07) is -1.35. The molecule has 3 fully saturated rings. The zero-order chi connectivity index (χ0) is 18.0. The Kier molecular flexibility index (Phi) is 3.75. The molecule has 2 atom stereocenters. The van der Waals surface area contributed by atoms with Crippen molar-refractivity contribution in [1.82, 2.24) is 18.8 Å². The highest BCUT2D eigenvalue weighted by Gasteiger charge is 2.53. The summed E-state index contributed by atoms with van der Waals surface area (Å²) in [7, 11) is -5.63. The Labute approximate surface area is 146 Å². The highest BCUT2D eigenvalue weighted by molar-refractivity contribution is 7.92. The van der Waals surface area contributed by atoms with E-state index >= 15 is 0 Å². The molecule has 3 heterocycles. The van der Waals surface area contributed by atoms with Gasteiger partial charge < -0.3 is 9.47 Å². The predicted molar refractivity (Wildman–Crippen MR) is 87.8 cm³/mol. The van der Waals surface area contributed by atoms with Crippen LogP contribution in [0.25, 0.3) is 0 Å². The van der Waals surface area contributed by atoms with Crippen LogP contribution in [0, 0.1) is 5.92 Å². The molecule has 0 unspecified atom stereocenters. The van der Waals surface area contributed by atoms with Gasteiger partial charge in [-0.1, -0.05) is 0 Å². The molecule has 2 aliphatic heterocycles. The zero-order valence-corrected chi connectivity index (χ0v) is 15.4.